The van der Waals surface area contributed by atoms with Gasteiger partial charge in [-0.2, -0.15) is 13.2 Å². The molecule has 0 amide bonds. The van der Waals surface area contributed by atoms with Crippen molar-refractivity contribution in [3.05, 3.63) is 29.3 Å². The van der Waals surface area contributed by atoms with Crippen LogP contribution in [0, 0.1) is 0 Å². The molecule has 6 heteroatoms. The number of aliphatic hydroxyl groups is 1. The number of ether oxygens (including phenoxy) is 1. The van der Waals surface area contributed by atoms with Gasteiger partial charge in [-0.1, -0.05) is 6.07 Å². The van der Waals surface area contributed by atoms with Crippen LogP contribution >= 0.6 is 0 Å². The van der Waals surface area contributed by atoms with Gasteiger partial charge in [-0.3, -0.25) is 0 Å². The Hall–Kier alpha value is -1.27. The van der Waals surface area contributed by atoms with Crippen LogP contribution in [-0.2, 0) is 12.6 Å². The standard InChI is InChI=1S/C11H14F3NO2/c1-17-10-3-2-7(4-8(15)6-16)5-9(10)11(12,13)14/h2-3,5,8,16H,4,6,15H2,1H3. The quantitative estimate of drug-likeness (QED) is 0.851. The van der Waals surface area contributed by atoms with Crippen LogP contribution in [0.25, 0.3) is 0 Å². The van der Waals surface area contributed by atoms with E-state index in [0.29, 0.717) is 5.56 Å². The van der Waals surface area contributed by atoms with Crippen molar-refractivity contribution in [3.8, 4) is 5.75 Å². The van der Waals surface area contributed by atoms with Gasteiger partial charge >= 0.3 is 6.18 Å². The van der Waals surface area contributed by atoms with Crippen LogP contribution in [-0.4, -0.2) is 24.9 Å². The molecule has 1 rings (SSSR count). The molecule has 0 aliphatic rings. The van der Waals surface area contributed by atoms with Crippen LogP contribution in [0.2, 0.25) is 0 Å². The zero-order valence-electron chi connectivity index (χ0n) is 9.29. The van der Waals surface area contributed by atoms with E-state index in [1.165, 1.54) is 19.2 Å². The minimum atomic E-state index is -4.47. The largest absolute Gasteiger partial charge is 0.496 e. The summed E-state index contributed by atoms with van der Waals surface area (Å²) in [5.74, 6) is -0.223. The Kier molecular flexibility index (Phi) is 4.36. The van der Waals surface area contributed by atoms with Gasteiger partial charge in [0.1, 0.15) is 5.75 Å². The first-order chi connectivity index (χ1) is 7.88. The zero-order valence-corrected chi connectivity index (χ0v) is 9.29. The minimum Gasteiger partial charge on any atom is -0.496 e. The van der Waals surface area contributed by atoms with Crippen LogP contribution in [0.1, 0.15) is 11.1 Å². The molecule has 0 aliphatic carbocycles. The Morgan fingerprint density at radius 3 is 2.53 bits per heavy atom. The molecule has 1 atom stereocenters. The highest BCUT2D eigenvalue weighted by atomic mass is 19.4. The summed E-state index contributed by atoms with van der Waals surface area (Å²) in [6.45, 7) is -0.270. The average Bonchev–Trinajstić information content (AvgIpc) is 2.27. The maximum atomic E-state index is 12.7. The second kappa shape index (κ2) is 5.37. The Labute approximate surface area is 97.0 Å². The Bertz CT molecular complexity index is 379. The molecule has 0 spiro atoms. The first-order valence-corrected chi connectivity index (χ1v) is 4.99. The molecule has 96 valence electrons. The fourth-order valence-electron chi connectivity index (χ4n) is 1.47. The van der Waals surface area contributed by atoms with Gasteiger partial charge in [-0.25, -0.2) is 0 Å². The van der Waals surface area contributed by atoms with Crippen LogP contribution in [0.5, 0.6) is 5.75 Å². The highest BCUT2D eigenvalue weighted by molar-refractivity contribution is 5.39. The number of hydrogen-bond donors (Lipinski definition) is 2. The molecule has 0 saturated heterocycles. The van der Waals surface area contributed by atoms with Crippen molar-refractivity contribution in [2.45, 2.75) is 18.6 Å². The van der Waals surface area contributed by atoms with Crippen LogP contribution in [0.3, 0.4) is 0 Å². The van der Waals surface area contributed by atoms with E-state index in [0.717, 1.165) is 6.07 Å². The van der Waals surface area contributed by atoms with Crippen molar-refractivity contribution >= 4 is 0 Å². The number of aliphatic hydroxyl groups excluding tert-OH is 1. The maximum absolute atomic E-state index is 12.7. The topological polar surface area (TPSA) is 55.5 Å². The van der Waals surface area contributed by atoms with Gasteiger partial charge < -0.3 is 15.6 Å². The second-order valence-electron chi connectivity index (χ2n) is 3.68. The number of methoxy groups -OCH3 is 1. The Morgan fingerprint density at radius 1 is 1.41 bits per heavy atom. The smallest absolute Gasteiger partial charge is 0.419 e. The molecule has 1 aromatic carbocycles. The van der Waals surface area contributed by atoms with Crippen molar-refractivity contribution < 1.29 is 23.0 Å². The molecule has 0 aliphatic heterocycles. The summed E-state index contributed by atoms with van der Waals surface area (Å²) >= 11 is 0. The van der Waals surface area contributed by atoms with Gasteiger partial charge in [-0.05, 0) is 24.1 Å². The fourth-order valence-corrected chi connectivity index (χ4v) is 1.47. The van der Waals surface area contributed by atoms with E-state index in [1.54, 1.807) is 0 Å². The molecule has 0 radical (unpaired) electrons. The molecule has 1 unspecified atom stereocenters. The van der Waals surface area contributed by atoms with E-state index in [-0.39, 0.29) is 18.8 Å². The number of halogens is 3. The number of benzene rings is 1. The number of nitrogens with two attached hydrogens (primary N) is 1. The summed E-state index contributed by atoms with van der Waals surface area (Å²) in [6, 6.07) is 3.18. The summed E-state index contributed by atoms with van der Waals surface area (Å²) < 4.78 is 42.7. The zero-order chi connectivity index (χ0) is 13.1. The van der Waals surface area contributed by atoms with Gasteiger partial charge in [0.15, 0.2) is 0 Å². The average molecular weight is 249 g/mol. The highest BCUT2D eigenvalue weighted by Gasteiger charge is 2.34. The van der Waals surface area contributed by atoms with Crippen molar-refractivity contribution in [1.82, 2.24) is 0 Å². The van der Waals surface area contributed by atoms with Crippen molar-refractivity contribution in [1.29, 1.82) is 0 Å². The third-order valence-electron chi connectivity index (χ3n) is 2.30. The van der Waals surface area contributed by atoms with Crippen molar-refractivity contribution in [3.63, 3.8) is 0 Å². The molecule has 0 saturated carbocycles. The monoisotopic (exact) mass is 249 g/mol. The van der Waals surface area contributed by atoms with Gasteiger partial charge in [0, 0.05) is 6.04 Å². The summed E-state index contributed by atoms with van der Waals surface area (Å²) in [6.07, 6.45) is -4.28. The first kappa shape index (κ1) is 13.8. The summed E-state index contributed by atoms with van der Waals surface area (Å²) in [7, 11) is 1.18. The molecule has 0 aromatic heterocycles. The lowest BCUT2D eigenvalue weighted by atomic mass is 10.0. The normalized spacial score (nSPS) is 13.5. The molecule has 1 aromatic rings. The highest BCUT2D eigenvalue weighted by Crippen LogP contribution is 2.36. The SMILES string of the molecule is COc1ccc(CC(N)CO)cc1C(F)(F)F. The molecule has 3 nitrogen and oxygen atoms in total. The predicted octanol–water partition coefficient (Wildman–Crippen LogP) is 1.58. The molecule has 0 heterocycles. The molecular formula is C11H14F3NO2. The van der Waals surface area contributed by atoms with E-state index in [4.69, 9.17) is 10.8 Å². The van der Waals surface area contributed by atoms with E-state index in [9.17, 15) is 13.2 Å². The van der Waals surface area contributed by atoms with Crippen LogP contribution in [0.15, 0.2) is 18.2 Å². The lowest BCUT2D eigenvalue weighted by Gasteiger charge is -2.14. The number of hydrogen-bond acceptors (Lipinski definition) is 3. The van der Waals surface area contributed by atoms with Crippen molar-refractivity contribution in [2.75, 3.05) is 13.7 Å². The van der Waals surface area contributed by atoms with Gasteiger partial charge in [-0.15, -0.1) is 0 Å². The third kappa shape index (κ3) is 3.61. The summed E-state index contributed by atoms with van der Waals surface area (Å²) in [4.78, 5) is 0. The Morgan fingerprint density at radius 2 is 2.06 bits per heavy atom. The maximum Gasteiger partial charge on any atom is 0.419 e. The van der Waals surface area contributed by atoms with Crippen LogP contribution in [0.4, 0.5) is 13.2 Å². The predicted molar refractivity (Wildman–Crippen MR) is 56.8 cm³/mol. The van der Waals surface area contributed by atoms with Crippen molar-refractivity contribution in [2.24, 2.45) is 5.73 Å². The van der Waals surface area contributed by atoms with Gasteiger partial charge in [0.25, 0.3) is 0 Å². The minimum absolute atomic E-state index is 0.184. The Balaban J connectivity index is 3.05. The molecule has 3 N–H and O–H groups in total. The first-order valence-electron chi connectivity index (χ1n) is 4.99. The molecule has 0 bridgehead atoms. The van der Waals surface area contributed by atoms with Gasteiger partial charge in [0.05, 0.1) is 19.3 Å². The van der Waals surface area contributed by atoms with E-state index < -0.39 is 17.8 Å². The number of alkyl halides is 3. The second-order valence-corrected chi connectivity index (χ2v) is 3.68. The fraction of sp³-hybridized carbons (Fsp3) is 0.455. The summed E-state index contributed by atoms with van der Waals surface area (Å²) in [5.41, 5.74) is 5.06. The van der Waals surface area contributed by atoms with E-state index >= 15 is 0 Å². The van der Waals surface area contributed by atoms with Gasteiger partial charge in [0.2, 0.25) is 0 Å². The molecule has 17 heavy (non-hydrogen) atoms. The molecule has 0 fully saturated rings. The van der Waals surface area contributed by atoms with E-state index in [1.807, 2.05) is 0 Å². The van der Waals surface area contributed by atoms with E-state index in [2.05, 4.69) is 4.74 Å². The lowest BCUT2D eigenvalue weighted by molar-refractivity contribution is -0.138. The lowest BCUT2D eigenvalue weighted by Crippen LogP contribution is -2.27. The number of rotatable bonds is 4. The summed E-state index contributed by atoms with van der Waals surface area (Å²) in [5, 5.41) is 8.75. The van der Waals surface area contributed by atoms with Crippen LogP contribution < -0.4 is 10.5 Å². The molecular weight excluding hydrogens is 235 g/mol. The third-order valence-corrected chi connectivity index (χ3v) is 2.30.